The van der Waals surface area contributed by atoms with E-state index in [0.717, 1.165) is 0 Å². The molecular formula is C16H22N2O7. The van der Waals surface area contributed by atoms with Crippen molar-refractivity contribution in [3.63, 3.8) is 0 Å². The Labute approximate surface area is 145 Å². The van der Waals surface area contributed by atoms with E-state index in [-0.39, 0.29) is 36.3 Å². The zero-order valence-corrected chi connectivity index (χ0v) is 14.5. The van der Waals surface area contributed by atoms with Crippen molar-refractivity contribution in [2.75, 3.05) is 47.3 Å². The molecule has 25 heavy (non-hydrogen) atoms. The number of aromatic hydroxyl groups is 1. The van der Waals surface area contributed by atoms with E-state index in [1.54, 1.807) is 14.0 Å². The molecule has 2 heterocycles. The lowest BCUT2D eigenvalue weighted by molar-refractivity contribution is -0.146. The third-order valence-electron chi connectivity index (χ3n) is 3.47. The normalized spacial score (nSPS) is 19.2. The minimum absolute atomic E-state index is 0.00848. The van der Waals surface area contributed by atoms with Gasteiger partial charge in [-0.3, -0.25) is 0 Å². The Morgan fingerprint density at radius 3 is 2.80 bits per heavy atom. The molecule has 9 nitrogen and oxygen atoms in total. The van der Waals surface area contributed by atoms with Crippen LogP contribution in [0.1, 0.15) is 12.6 Å². The van der Waals surface area contributed by atoms with Gasteiger partial charge in [0.15, 0.2) is 22.7 Å². The van der Waals surface area contributed by atoms with E-state index < -0.39 is 11.5 Å². The summed E-state index contributed by atoms with van der Waals surface area (Å²) in [4.78, 5) is 20.0. The van der Waals surface area contributed by atoms with Crippen LogP contribution < -0.4 is 4.74 Å². The van der Waals surface area contributed by atoms with E-state index in [2.05, 4.69) is 9.98 Å². The van der Waals surface area contributed by atoms with Gasteiger partial charge in [-0.2, -0.15) is 0 Å². The summed E-state index contributed by atoms with van der Waals surface area (Å²) in [5.41, 5.74) is -1.06. The number of aliphatic imine (C=N–C) groups is 1. The molecule has 0 saturated heterocycles. The fourth-order valence-corrected chi connectivity index (χ4v) is 2.11. The van der Waals surface area contributed by atoms with E-state index >= 15 is 0 Å². The number of hydrogen-bond acceptors (Lipinski definition) is 9. The maximum absolute atomic E-state index is 11.8. The SMILES string of the molecule is COCCOCCOc1ccnc(C2=NC(C)(C(=O)OC)CO2)c1O. The fourth-order valence-electron chi connectivity index (χ4n) is 2.11. The topological polar surface area (TPSA) is 109 Å². The van der Waals surface area contributed by atoms with Gasteiger partial charge in [0.05, 0.1) is 26.9 Å². The zero-order valence-electron chi connectivity index (χ0n) is 14.5. The molecule has 0 amide bonds. The van der Waals surface area contributed by atoms with Gasteiger partial charge in [-0.25, -0.2) is 14.8 Å². The molecule has 2 rings (SSSR count). The Morgan fingerprint density at radius 2 is 2.08 bits per heavy atom. The minimum Gasteiger partial charge on any atom is -0.503 e. The minimum atomic E-state index is -1.16. The summed E-state index contributed by atoms with van der Waals surface area (Å²) in [6.07, 6.45) is 1.45. The van der Waals surface area contributed by atoms with E-state index in [1.807, 2.05) is 0 Å². The summed E-state index contributed by atoms with van der Waals surface area (Å²) in [5.74, 6) is -0.458. The zero-order chi connectivity index (χ0) is 18.3. The molecule has 0 fully saturated rings. The van der Waals surface area contributed by atoms with Crippen LogP contribution in [0.5, 0.6) is 11.5 Å². The second-order valence-electron chi connectivity index (χ2n) is 5.43. The van der Waals surface area contributed by atoms with Crippen molar-refractivity contribution in [2.24, 2.45) is 4.99 Å². The van der Waals surface area contributed by atoms with Gasteiger partial charge >= 0.3 is 5.97 Å². The molecule has 0 aliphatic carbocycles. The first kappa shape index (κ1) is 18.9. The molecule has 0 saturated carbocycles. The monoisotopic (exact) mass is 354 g/mol. The lowest BCUT2D eigenvalue weighted by atomic mass is 10.1. The fraction of sp³-hybridized carbons (Fsp3) is 0.562. The van der Waals surface area contributed by atoms with E-state index in [0.29, 0.717) is 19.8 Å². The number of rotatable bonds is 9. The summed E-state index contributed by atoms with van der Waals surface area (Å²) in [6, 6.07) is 1.52. The van der Waals surface area contributed by atoms with Crippen LogP contribution in [0.3, 0.4) is 0 Å². The van der Waals surface area contributed by atoms with Crippen LogP contribution in [0.2, 0.25) is 0 Å². The van der Waals surface area contributed by atoms with Gasteiger partial charge in [0, 0.05) is 19.4 Å². The quantitative estimate of drug-likeness (QED) is 0.505. The van der Waals surface area contributed by atoms with Crippen molar-refractivity contribution in [3.8, 4) is 11.5 Å². The van der Waals surface area contributed by atoms with Gasteiger partial charge < -0.3 is 28.8 Å². The summed E-state index contributed by atoms with van der Waals surface area (Å²) < 4.78 is 25.8. The highest BCUT2D eigenvalue weighted by Gasteiger charge is 2.41. The van der Waals surface area contributed by atoms with Crippen LogP contribution in [0.15, 0.2) is 17.3 Å². The number of carbonyl (C=O) groups excluding carboxylic acids is 1. The summed E-state index contributed by atoms with van der Waals surface area (Å²) in [6.45, 7) is 3.15. The molecule has 138 valence electrons. The van der Waals surface area contributed by atoms with Crippen LogP contribution in [0, 0.1) is 0 Å². The molecular weight excluding hydrogens is 332 g/mol. The molecule has 0 spiro atoms. The number of ether oxygens (including phenoxy) is 5. The first-order valence-corrected chi connectivity index (χ1v) is 7.70. The van der Waals surface area contributed by atoms with Crippen LogP contribution in [0.25, 0.3) is 0 Å². The standard InChI is InChI=1S/C16H22N2O7/c1-16(15(20)22-3)10-25-14(18-16)12-13(19)11(4-5-17-12)24-9-8-23-7-6-21-2/h4-5,19H,6-10H2,1-3H3. The second kappa shape index (κ2) is 8.63. The maximum Gasteiger partial charge on any atom is 0.337 e. The molecule has 0 radical (unpaired) electrons. The van der Waals surface area contributed by atoms with Gasteiger partial charge in [0.1, 0.15) is 13.2 Å². The van der Waals surface area contributed by atoms with Crippen LogP contribution in [-0.4, -0.2) is 74.8 Å². The molecule has 9 heteroatoms. The predicted octanol–water partition coefficient (Wildman–Crippen LogP) is 0.537. The Bertz CT molecular complexity index is 635. The second-order valence-corrected chi connectivity index (χ2v) is 5.43. The summed E-state index contributed by atoms with van der Waals surface area (Å²) in [5, 5.41) is 10.3. The third-order valence-corrected chi connectivity index (χ3v) is 3.47. The highest BCUT2D eigenvalue weighted by atomic mass is 16.5. The average molecular weight is 354 g/mol. The summed E-state index contributed by atoms with van der Waals surface area (Å²) in [7, 11) is 2.87. The molecule has 1 N–H and O–H groups in total. The van der Waals surface area contributed by atoms with Crippen molar-refractivity contribution in [1.29, 1.82) is 0 Å². The number of hydrogen-bond donors (Lipinski definition) is 1. The molecule has 1 aliphatic heterocycles. The van der Waals surface area contributed by atoms with Crippen molar-refractivity contribution >= 4 is 11.9 Å². The predicted molar refractivity (Wildman–Crippen MR) is 87.0 cm³/mol. The highest BCUT2D eigenvalue weighted by molar-refractivity contribution is 5.99. The highest BCUT2D eigenvalue weighted by Crippen LogP contribution is 2.31. The largest absolute Gasteiger partial charge is 0.503 e. The molecule has 1 unspecified atom stereocenters. The lowest BCUT2D eigenvalue weighted by Gasteiger charge is -2.13. The van der Waals surface area contributed by atoms with Gasteiger partial charge in [0.25, 0.3) is 0 Å². The molecule has 1 atom stereocenters. The van der Waals surface area contributed by atoms with Gasteiger partial charge in [-0.05, 0) is 6.92 Å². The number of nitrogens with zero attached hydrogens (tertiary/aromatic N) is 2. The first-order valence-electron chi connectivity index (χ1n) is 7.70. The van der Waals surface area contributed by atoms with Crippen molar-refractivity contribution in [2.45, 2.75) is 12.5 Å². The van der Waals surface area contributed by atoms with E-state index in [9.17, 15) is 9.90 Å². The Kier molecular flexibility index (Phi) is 6.54. The number of aromatic nitrogens is 1. The molecule has 1 aromatic heterocycles. The number of pyridine rings is 1. The van der Waals surface area contributed by atoms with E-state index in [4.69, 9.17) is 23.7 Å². The maximum atomic E-state index is 11.8. The van der Waals surface area contributed by atoms with Crippen LogP contribution >= 0.6 is 0 Å². The summed E-state index contributed by atoms with van der Waals surface area (Å²) >= 11 is 0. The van der Waals surface area contributed by atoms with Gasteiger partial charge in [-0.1, -0.05) is 0 Å². The lowest BCUT2D eigenvalue weighted by Crippen LogP contribution is -2.35. The average Bonchev–Trinajstić information content (AvgIpc) is 3.02. The Hall–Kier alpha value is -2.39. The van der Waals surface area contributed by atoms with Crippen LogP contribution in [-0.2, 0) is 23.7 Å². The first-order chi connectivity index (χ1) is 12.0. The third kappa shape index (κ3) is 4.58. The van der Waals surface area contributed by atoms with E-state index in [1.165, 1.54) is 19.4 Å². The molecule has 0 bridgehead atoms. The Morgan fingerprint density at radius 1 is 1.32 bits per heavy atom. The number of esters is 1. The van der Waals surface area contributed by atoms with Crippen LogP contribution in [0.4, 0.5) is 0 Å². The number of carbonyl (C=O) groups is 1. The molecule has 1 aliphatic rings. The number of methoxy groups -OCH3 is 2. The Balaban J connectivity index is 2.03. The van der Waals surface area contributed by atoms with Gasteiger partial charge in [-0.15, -0.1) is 0 Å². The smallest absolute Gasteiger partial charge is 0.337 e. The molecule has 1 aromatic rings. The molecule has 0 aromatic carbocycles. The van der Waals surface area contributed by atoms with Crippen molar-refractivity contribution in [3.05, 3.63) is 18.0 Å². The van der Waals surface area contributed by atoms with Crippen molar-refractivity contribution < 1.29 is 33.6 Å². The van der Waals surface area contributed by atoms with Crippen molar-refractivity contribution in [1.82, 2.24) is 4.98 Å². The van der Waals surface area contributed by atoms with Gasteiger partial charge in [0.2, 0.25) is 5.90 Å².